The van der Waals surface area contributed by atoms with Crippen LogP contribution in [0.25, 0.3) is 5.52 Å². The van der Waals surface area contributed by atoms with E-state index in [4.69, 9.17) is 0 Å². The highest BCUT2D eigenvalue weighted by Gasteiger charge is 2.18. The van der Waals surface area contributed by atoms with E-state index in [0.29, 0.717) is 16.8 Å². The molecule has 2 aromatic heterocycles. The maximum Gasteiger partial charge on any atom is 0.335 e. The molecular weight excluding hydrogens is 364 g/mol. The molecule has 0 unspecified atom stereocenters. The van der Waals surface area contributed by atoms with E-state index in [-0.39, 0.29) is 16.9 Å². The lowest BCUT2D eigenvalue weighted by atomic mass is 10.0. The standard InChI is InChI=1S/C24H28N2O3/c1-16-14-20-15-19(23(28)29)11-13-26(20)21(16)22(27)18-9-7-17(8-10-18)6-5-12-25-24(2,3)4/h7-11,13-15,25H,5-6,12H2,1-4H3,(H,28,29). The molecule has 3 rings (SSSR count). The van der Waals surface area contributed by atoms with Crippen molar-refractivity contribution in [1.82, 2.24) is 9.72 Å². The predicted octanol–water partition coefficient (Wildman–Crippen LogP) is 4.50. The number of hydrogen-bond acceptors (Lipinski definition) is 3. The summed E-state index contributed by atoms with van der Waals surface area (Å²) in [5, 5.41) is 12.7. The van der Waals surface area contributed by atoms with Gasteiger partial charge >= 0.3 is 5.97 Å². The van der Waals surface area contributed by atoms with E-state index in [1.54, 1.807) is 16.7 Å². The number of nitrogens with zero attached hydrogens (tertiary/aromatic N) is 1. The van der Waals surface area contributed by atoms with Crippen molar-refractivity contribution in [3.05, 3.63) is 76.6 Å². The average Bonchev–Trinajstić information content (AvgIpc) is 2.99. The van der Waals surface area contributed by atoms with Crippen LogP contribution in [0.4, 0.5) is 0 Å². The second-order valence-corrected chi connectivity index (χ2v) is 8.50. The zero-order chi connectivity index (χ0) is 21.2. The fourth-order valence-electron chi connectivity index (χ4n) is 3.45. The van der Waals surface area contributed by atoms with Gasteiger partial charge in [-0.3, -0.25) is 4.79 Å². The quantitative estimate of drug-likeness (QED) is 0.459. The van der Waals surface area contributed by atoms with E-state index in [0.717, 1.165) is 24.9 Å². The van der Waals surface area contributed by atoms with Crippen LogP contribution in [0.1, 0.15) is 64.7 Å². The molecule has 0 saturated heterocycles. The normalized spacial score (nSPS) is 11.7. The van der Waals surface area contributed by atoms with Crippen molar-refractivity contribution in [2.75, 3.05) is 6.54 Å². The second kappa shape index (κ2) is 8.21. The number of ketones is 1. The summed E-state index contributed by atoms with van der Waals surface area (Å²) in [4.78, 5) is 24.3. The molecule has 0 spiro atoms. The van der Waals surface area contributed by atoms with Crippen LogP contribution in [0.3, 0.4) is 0 Å². The van der Waals surface area contributed by atoms with Gasteiger partial charge in [-0.15, -0.1) is 0 Å². The summed E-state index contributed by atoms with van der Waals surface area (Å²) >= 11 is 0. The Hall–Kier alpha value is -2.92. The summed E-state index contributed by atoms with van der Waals surface area (Å²) in [6.07, 6.45) is 3.65. The van der Waals surface area contributed by atoms with E-state index < -0.39 is 5.97 Å². The smallest absolute Gasteiger partial charge is 0.335 e. The maximum absolute atomic E-state index is 13.1. The first kappa shape index (κ1) is 20.8. The number of carbonyl (C=O) groups excluding carboxylic acids is 1. The molecule has 0 fully saturated rings. The van der Waals surface area contributed by atoms with Gasteiger partial charge in [0.15, 0.2) is 0 Å². The van der Waals surface area contributed by atoms with Crippen molar-refractivity contribution < 1.29 is 14.7 Å². The second-order valence-electron chi connectivity index (χ2n) is 8.50. The van der Waals surface area contributed by atoms with Gasteiger partial charge in [0.05, 0.1) is 11.3 Å². The zero-order valence-corrected chi connectivity index (χ0v) is 17.5. The summed E-state index contributed by atoms with van der Waals surface area (Å²) in [6, 6.07) is 12.7. The van der Waals surface area contributed by atoms with Gasteiger partial charge in [-0.2, -0.15) is 0 Å². The molecule has 5 nitrogen and oxygen atoms in total. The molecule has 3 aromatic rings. The highest BCUT2D eigenvalue weighted by atomic mass is 16.4. The van der Waals surface area contributed by atoms with Gasteiger partial charge in [0, 0.05) is 22.8 Å². The van der Waals surface area contributed by atoms with Crippen LogP contribution in [-0.4, -0.2) is 33.3 Å². The zero-order valence-electron chi connectivity index (χ0n) is 17.5. The lowest BCUT2D eigenvalue weighted by Gasteiger charge is -2.20. The number of benzene rings is 1. The number of aromatic nitrogens is 1. The monoisotopic (exact) mass is 392 g/mol. The lowest BCUT2D eigenvalue weighted by Crippen LogP contribution is -2.36. The molecule has 5 heteroatoms. The summed E-state index contributed by atoms with van der Waals surface area (Å²) < 4.78 is 1.76. The maximum atomic E-state index is 13.1. The minimum Gasteiger partial charge on any atom is -0.478 e. The summed E-state index contributed by atoms with van der Waals surface area (Å²) in [6.45, 7) is 9.30. The van der Waals surface area contributed by atoms with Crippen molar-refractivity contribution in [2.45, 2.75) is 46.1 Å². The fraction of sp³-hybridized carbons (Fsp3) is 0.333. The Kier molecular flexibility index (Phi) is 5.89. The Morgan fingerprint density at radius 2 is 1.72 bits per heavy atom. The van der Waals surface area contributed by atoms with E-state index >= 15 is 0 Å². The topological polar surface area (TPSA) is 70.8 Å². The number of nitrogens with one attached hydrogen (secondary N) is 1. The molecule has 0 aliphatic carbocycles. The Morgan fingerprint density at radius 3 is 2.34 bits per heavy atom. The number of carboxylic acid groups (broad SMARTS) is 1. The lowest BCUT2D eigenvalue weighted by molar-refractivity contribution is 0.0696. The van der Waals surface area contributed by atoms with E-state index in [1.807, 2.05) is 37.3 Å². The largest absolute Gasteiger partial charge is 0.478 e. The summed E-state index contributed by atoms with van der Waals surface area (Å²) in [5.41, 5.74) is 4.27. The van der Waals surface area contributed by atoms with E-state index in [9.17, 15) is 14.7 Å². The van der Waals surface area contributed by atoms with Crippen molar-refractivity contribution >= 4 is 17.3 Å². The minimum atomic E-state index is -0.979. The van der Waals surface area contributed by atoms with Crippen LogP contribution >= 0.6 is 0 Å². The first-order valence-electron chi connectivity index (χ1n) is 9.89. The molecular formula is C24H28N2O3. The highest BCUT2D eigenvalue weighted by molar-refractivity contribution is 6.09. The number of rotatable bonds is 7. The fourth-order valence-corrected chi connectivity index (χ4v) is 3.45. The number of carboxylic acids is 1. The van der Waals surface area contributed by atoms with Gasteiger partial charge in [0.1, 0.15) is 0 Å². The first-order valence-corrected chi connectivity index (χ1v) is 9.89. The van der Waals surface area contributed by atoms with Crippen molar-refractivity contribution in [2.24, 2.45) is 0 Å². The van der Waals surface area contributed by atoms with Crippen LogP contribution in [0.5, 0.6) is 0 Å². The molecule has 29 heavy (non-hydrogen) atoms. The first-order chi connectivity index (χ1) is 13.7. The molecule has 2 N–H and O–H groups in total. The van der Waals surface area contributed by atoms with Gasteiger partial charge in [0.25, 0.3) is 0 Å². The van der Waals surface area contributed by atoms with Crippen LogP contribution < -0.4 is 5.32 Å². The van der Waals surface area contributed by atoms with Gasteiger partial charge < -0.3 is 14.8 Å². The third kappa shape index (κ3) is 4.93. The number of carbonyl (C=O) groups is 2. The summed E-state index contributed by atoms with van der Waals surface area (Å²) in [5.74, 6) is -1.04. The van der Waals surface area contributed by atoms with Crippen molar-refractivity contribution in [1.29, 1.82) is 0 Å². The predicted molar refractivity (Wildman–Crippen MR) is 115 cm³/mol. The van der Waals surface area contributed by atoms with Gasteiger partial charge in [-0.1, -0.05) is 24.3 Å². The molecule has 0 aliphatic heterocycles. The number of aryl methyl sites for hydroxylation is 2. The average molecular weight is 392 g/mol. The van der Waals surface area contributed by atoms with Crippen LogP contribution in [0, 0.1) is 6.92 Å². The van der Waals surface area contributed by atoms with Gasteiger partial charge in [-0.25, -0.2) is 4.79 Å². The number of hydrogen-bond donors (Lipinski definition) is 2. The molecule has 0 saturated carbocycles. The number of pyridine rings is 1. The van der Waals surface area contributed by atoms with Gasteiger partial charge in [-0.05, 0) is 76.4 Å². The van der Waals surface area contributed by atoms with Crippen molar-refractivity contribution in [3.63, 3.8) is 0 Å². The Bertz CT molecular complexity index is 1040. The molecule has 0 atom stereocenters. The molecule has 1 aromatic carbocycles. The molecule has 2 heterocycles. The Balaban J connectivity index is 1.75. The third-order valence-corrected chi connectivity index (χ3v) is 4.94. The molecule has 152 valence electrons. The van der Waals surface area contributed by atoms with E-state index in [2.05, 4.69) is 26.1 Å². The van der Waals surface area contributed by atoms with Crippen molar-refractivity contribution in [3.8, 4) is 0 Å². The van der Waals surface area contributed by atoms with E-state index in [1.165, 1.54) is 11.6 Å². The Morgan fingerprint density at radius 1 is 1.03 bits per heavy atom. The number of aromatic carboxylic acids is 1. The molecule has 0 amide bonds. The minimum absolute atomic E-state index is 0.0634. The van der Waals surface area contributed by atoms with Crippen LogP contribution in [-0.2, 0) is 6.42 Å². The molecule has 0 bridgehead atoms. The molecule has 0 aliphatic rings. The molecule has 0 radical (unpaired) electrons. The van der Waals surface area contributed by atoms with Gasteiger partial charge in [0.2, 0.25) is 5.78 Å². The van der Waals surface area contributed by atoms with Crippen LogP contribution in [0.2, 0.25) is 0 Å². The Labute approximate surface area is 171 Å². The number of fused-ring (bicyclic) bond motifs is 1. The highest BCUT2D eigenvalue weighted by Crippen LogP contribution is 2.21. The van der Waals surface area contributed by atoms with Crippen LogP contribution in [0.15, 0.2) is 48.7 Å². The SMILES string of the molecule is Cc1cc2cc(C(=O)O)ccn2c1C(=O)c1ccc(CCCNC(C)(C)C)cc1. The summed E-state index contributed by atoms with van der Waals surface area (Å²) in [7, 11) is 0. The third-order valence-electron chi connectivity index (χ3n) is 4.94.